The summed E-state index contributed by atoms with van der Waals surface area (Å²) in [5.41, 5.74) is 0.498. The van der Waals surface area contributed by atoms with Crippen molar-refractivity contribution in [1.82, 2.24) is 0 Å². The summed E-state index contributed by atoms with van der Waals surface area (Å²) >= 11 is 0. The number of carbonyl (C=O) groups excluding carboxylic acids is 3. The molecule has 0 bridgehead atoms. The molecule has 1 aliphatic rings. The highest BCUT2D eigenvalue weighted by molar-refractivity contribution is 5.85. The molecule has 1 aromatic carbocycles. The lowest BCUT2D eigenvalue weighted by Crippen LogP contribution is -2.27. The number of benzene rings is 1. The first kappa shape index (κ1) is 19.9. The molecule has 0 unspecified atom stereocenters. The van der Waals surface area contributed by atoms with Gasteiger partial charge in [-0.2, -0.15) is 0 Å². The molecule has 0 amide bonds. The average Bonchev–Trinajstić information content (AvgIpc) is 2.85. The Morgan fingerprint density at radius 1 is 1.23 bits per heavy atom. The molecule has 0 aromatic heterocycles. The van der Waals surface area contributed by atoms with E-state index in [1.54, 1.807) is 44.2 Å². The van der Waals surface area contributed by atoms with Crippen LogP contribution >= 0.6 is 0 Å². The van der Waals surface area contributed by atoms with E-state index >= 15 is 0 Å². The zero-order valence-electron chi connectivity index (χ0n) is 15.2. The molecule has 2 rings (SSSR count). The Kier molecular flexibility index (Phi) is 6.74. The van der Waals surface area contributed by atoms with E-state index in [4.69, 9.17) is 18.9 Å². The largest absolute Gasteiger partial charge is 0.463 e. The maximum absolute atomic E-state index is 12.3. The second-order valence-corrected chi connectivity index (χ2v) is 6.43. The number of cyclic esters (lactones) is 1. The fraction of sp³-hybridized carbons (Fsp3) is 0.526. The number of hydrogen-bond donors (Lipinski definition) is 0. The second kappa shape index (κ2) is 8.80. The van der Waals surface area contributed by atoms with Crippen molar-refractivity contribution in [2.45, 2.75) is 58.0 Å². The third-order valence-electron chi connectivity index (χ3n) is 3.70. The van der Waals surface area contributed by atoms with Crippen LogP contribution < -0.4 is 0 Å². The molecule has 0 saturated carbocycles. The Morgan fingerprint density at radius 2 is 1.92 bits per heavy atom. The van der Waals surface area contributed by atoms with Gasteiger partial charge >= 0.3 is 17.9 Å². The molecule has 0 spiro atoms. The van der Waals surface area contributed by atoms with E-state index in [0.717, 1.165) is 12.8 Å². The first-order valence-electron chi connectivity index (χ1n) is 8.64. The van der Waals surface area contributed by atoms with Gasteiger partial charge in [-0.05, 0) is 6.42 Å². The molecular formula is C19H24O7. The van der Waals surface area contributed by atoms with Crippen molar-refractivity contribution in [3.63, 3.8) is 0 Å². The molecule has 2 atom stereocenters. The number of hydrogen-bond acceptors (Lipinski definition) is 7. The van der Waals surface area contributed by atoms with E-state index in [1.807, 2.05) is 6.92 Å². The highest BCUT2D eigenvalue weighted by atomic mass is 16.8. The number of rotatable bonds is 8. The van der Waals surface area contributed by atoms with Crippen LogP contribution in [-0.4, -0.2) is 36.4 Å². The molecule has 7 nitrogen and oxygen atoms in total. The number of esters is 3. The van der Waals surface area contributed by atoms with E-state index in [9.17, 15) is 14.4 Å². The molecule has 0 aliphatic carbocycles. The molecule has 26 heavy (non-hydrogen) atoms. The van der Waals surface area contributed by atoms with E-state index in [1.165, 1.54) is 0 Å². The summed E-state index contributed by atoms with van der Waals surface area (Å²) in [5.74, 6) is -3.10. The minimum Gasteiger partial charge on any atom is -0.463 e. The van der Waals surface area contributed by atoms with E-state index in [2.05, 4.69) is 0 Å². The maximum atomic E-state index is 12.3. The lowest BCUT2D eigenvalue weighted by molar-refractivity contribution is -0.172. The van der Waals surface area contributed by atoms with Gasteiger partial charge in [-0.25, -0.2) is 9.59 Å². The van der Waals surface area contributed by atoms with Crippen LogP contribution in [0.25, 0.3) is 0 Å². The Balaban J connectivity index is 2.03. The highest BCUT2D eigenvalue weighted by Gasteiger charge is 2.42. The van der Waals surface area contributed by atoms with Crippen LogP contribution in [0.2, 0.25) is 0 Å². The van der Waals surface area contributed by atoms with Gasteiger partial charge in [-0.1, -0.05) is 43.7 Å². The zero-order chi connectivity index (χ0) is 19.2. The first-order chi connectivity index (χ1) is 12.3. The summed E-state index contributed by atoms with van der Waals surface area (Å²) in [4.78, 5) is 36.3. The topological polar surface area (TPSA) is 88.1 Å². The van der Waals surface area contributed by atoms with Crippen molar-refractivity contribution >= 4 is 17.9 Å². The zero-order valence-corrected chi connectivity index (χ0v) is 15.2. The van der Waals surface area contributed by atoms with Gasteiger partial charge in [0.05, 0.1) is 13.0 Å². The van der Waals surface area contributed by atoms with Crippen LogP contribution in [0.5, 0.6) is 0 Å². The second-order valence-electron chi connectivity index (χ2n) is 6.43. The van der Waals surface area contributed by atoms with Gasteiger partial charge < -0.3 is 18.9 Å². The molecule has 1 saturated heterocycles. The fourth-order valence-corrected chi connectivity index (χ4v) is 2.45. The molecule has 1 heterocycles. The summed E-state index contributed by atoms with van der Waals surface area (Å²) in [6, 6.07) is 8.59. The summed E-state index contributed by atoms with van der Waals surface area (Å²) in [6.45, 7) is 5.38. The van der Waals surface area contributed by atoms with Gasteiger partial charge in [-0.3, -0.25) is 4.79 Å². The molecular weight excluding hydrogens is 340 g/mol. The normalized spacial score (nSPS) is 19.5. The minimum absolute atomic E-state index is 0.252. The van der Waals surface area contributed by atoms with E-state index in [-0.39, 0.29) is 13.0 Å². The van der Waals surface area contributed by atoms with Gasteiger partial charge in [0.15, 0.2) is 6.10 Å². The Morgan fingerprint density at radius 3 is 2.50 bits per heavy atom. The van der Waals surface area contributed by atoms with Crippen LogP contribution in [0.15, 0.2) is 30.3 Å². The smallest absolute Gasteiger partial charge is 0.352 e. The standard InChI is InChI=1S/C19H24O7/c1-4-5-11-23-18(22)16(13-9-7-6-8-10-13)24-15(20)12-14-17(21)26-19(2,3)25-14/h6-10,14,16H,4-5,11-12H2,1-3H3/t14-,16-/m0/s1. The number of unbranched alkanes of at least 4 members (excludes halogenated alkanes) is 1. The van der Waals surface area contributed by atoms with Crippen molar-refractivity contribution in [2.24, 2.45) is 0 Å². The molecule has 1 aromatic rings. The lowest BCUT2D eigenvalue weighted by atomic mass is 10.1. The summed E-state index contributed by atoms with van der Waals surface area (Å²) in [6.07, 6.45) is -0.984. The summed E-state index contributed by atoms with van der Waals surface area (Å²) in [5, 5.41) is 0. The molecule has 142 valence electrons. The van der Waals surface area contributed by atoms with Crippen LogP contribution in [0.4, 0.5) is 0 Å². The van der Waals surface area contributed by atoms with Gasteiger partial charge in [0.25, 0.3) is 0 Å². The monoisotopic (exact) mass is 364 g/mol. The van der Waals surface area contributed by atoms with E-state index < -0.39 is 35.9 Å². The van der Waals surface area contributed by atoms with Gasteiger partial charge in [-0.15, -0.1) is 0 Å². The molecule has 0 radical (unpaired) electrons. The quantitative estimate of drug-likeness (QED) is 0.398. The average molecular weight is 364 g/mol. The molecule has 1 fully saturated rings. The third-order valence-corrected chi connectivity index (χ3v) is 3.70. The predicted octanol–water partition coefficient (Wildman–Crippen LogP) is 2.68. The lowest BCUT2D eigenvalue weighted by Gasteiger charge is -2.18. The van der Waals surface area contributed by atoms with Gasteiger partial charge in [0.2, 0.25) is 11.9 Å². The summed E-state index contributed by atoms with van der Waals surface area (Å²) < 4.78 is 20.9. The van der Waals surface area contributed by atoms with Crippen LogP contribution in [0.1, 0.15) is 51.7 Å². The summed E-state index contributed by atoms with van der Waals surface area (Å²) in [7, 11) is 0. The Bertz CT molecular complexity index is 639. The predicted molar refractivity (Wildman–Crippen MR) is 90.8 cm³/mol. The Labute approximate surface area is 152 Å². The fourth-order valence-electron chi connectivity index (χ4n) is 2.45. The Hall–Kier alpha value is -2.41. The van der Waals surface area contributed by atoms with Crippen molar-refractivity contribution in [2.75, 3.05) is 6.61 Å². The maximum Gasteiger partial charge on any atom is 0.352 e. The first-order valence-corrected chi connectivity index (χ1v) is 8.64. The van der Waals surface area contributed by atoms with Crippen molar-refractivity contribution in [3.8, 4) is 0 Å². The molecule has 0 N–H and O–H groups in total. The van der Waals surface area contributed by atoms with Crippen molar-refractivity contribution in [3.05, 3.63) is 35.9 Å². The van der Waals surface area contributed by atoms with Crippen LogP contribution in [0.3, 0.4) is 0 Å². The third kappa shape index (κ3) is 5.56. The molecule has 7 heteroatoms. The SMILES string of the molecule is CCCCOC(=O)[C@@H](OC(=O)C[C@@H]1OC(C)(C)OC1=O)c1ccccc1. The van der Waals surface area contributed by atoms with E-state index in [0.29, 0.717) is 5.56 Å². The van der Waals surface area contributed by atoms with Gasteiger partial charge in [0.1, 0.15) is 0 Å². The number of ether oxygens (including phenoxy) is 4. The van der Waals surface area contributed by atoms with Crippen molar-refractivity contribution in [1.29, 1.82) is 0 Å². The van der Waals surface area contributed by atoms with Crippen LogP contribution in [-0.2, 0) is 33.3 Å². The van der Waals surface area contributed by atoms with Crippen molar-refractivity contribution < 1.29 is 33.3 Å². The van der Waals surface area contributed by atoms with Gasteiger partial charge in [0, 0.05) is 19.4 Å². The van der Waals surface area contributed by atoms with Crippen LogP contribution in [0, 0.1) is 0 Å². The number of carbonyl (C=O) groups is 3. The minimum atomic E-state index is -1.19. The highest BCUT2D eigenvalue weighted by Crippen LogP contribution is 2.27. The molecule has 1 aliphatic heterocycles.